The van der Waals surface area contributed by atoms with Crippen molar-refractivity contribution in [1.29, 1.82) is 0 Å². The molecule has 1 aromatic heterocycles. The van der Waals surface area contributed by atoms with E-state index in [0.29, 0.717) is 5.75 Å². The molecule has 0 fully saturated rings. The maximum atomic E-state index is 12.4. The van der Waals surface area contributed by atoms with Crippen LogP contribution in [0.3, 0.4) is 0 Å². The quantitative estimate of drug-likeness (QED) is 0.419. The molecule has 4 rings (SSSR count). The van der Waals surface area contributed by atoms with Gasteiger partial charge < -0.3 is 14.6 Å². The van der Waals surface area contributed by atoms with Crippen LogP contribution in [0.25, 0.3) is 10.9 Å². The van der Waals surface area contributed by atoms with E-state index in [9.17, 15) is 4.79 Å². The number of rotatable bonds is 7. The number of fused-ring (bicyclic) bond motifs is 1. The molecule has 29 heavy (non-hydrogen) atoms. The van der Waals surface area contributed by atoms with E-state index in [1.165, 1.54) is 16.5 Å². The molecule has 4 nitrogen and oxygen atoms in total. The number of anilines is 1. The summed E-state index contributed by atoms with van der Waals surface area (Å²) in [4.78, 5) is 13.5. The molecule has 0 saturated carbocycles. The number of ether oxygens (including phenoxy) is 1. The van der Waals surface area contributed by atoms with Crippen molar-refractivity contribution in [3.8, 4) is 5.75 Å². The first kappa shape index (κ1) is 19.2. The number of hydrogen-bond acceptors (Lipinski definition) is 3. The molecule has 1 amide bonds. The summed E-state index contributed by atoms with van der Waals surface area (Å²) in [7, 11) is 1.62. The van der Waals surface area contributed by atoms with Crippen LogP contribution < -0.4 is 10.1 Å². The Morgan fingerprint density at radius 1 is 0.966 bits per heavy atom. The van der Waals surface area contributed by atoms with Gasteiger partial charge in [-0.2, -0.15) is 0 Å². The van der Waals surface area contributed by atoms with E-state index in [1.54, 1.807) is 18.9 Å². The number of benzene rings is 3. The van der Waals surface area contributed by atoms with E-state index in [1.807, 2.05) is 36.4 Å². The summed E-state index contributed by atoms with van der Waals surface area (Å²) in [5.41, 5.74) is 3.19. The largest absolute Gasteiger partial charge is 0.497 e. The SMILES string of the molecule is COc1ccc(NC(=O)CSc2cn(Cc3ccccc3)c3ccccc23)cc1. The van der Waals surface area contributed by atoms with Crippen LogP contribution in [-0.4, -0.2) is 23.3 Å². The molecule has 1 N–H and O–H groups in total. The van der Waals surface area contributed by atoms with Gasteiger partial charge in [0.05, 0.1) is 12.9 Å². The molecule has 5 heteroatoms. The van der Waals surface area contributed by atoms with Crippen molar-refractivity contribution in [2.45, 2.75) is 11.4 Å². The highest BCUT2D eigenvalue weighted by Gasteiger charge is 2.11. The molecule has 0 atom stereocenters. The normalized spacial score (nSPS) is 10.8. The monoisotopic (exact) mass is 402 g/mol. The molecule has 0 spiro atoms. The van der Waals surface area contributed by atoms with E-state index in [0.717, 1.165) is 22.9 Å². The van der Waals surface area contributed by atoms with Crippen LogP contribution in [0.1, 0.15) is 5.56 Å². The molecule has 1 heterocycles. The van der Waals surface area contributed by atoms with Crippen LogP contribution in [0.4, 0.5) is 5.69 Å². The molecule has 0 bridgehead atoms. The van der Waals surface area contributed by atoms with Gasteiger partial charge in [-0.05, 0) is 35.9 Å². The number of thioether (sulfide) groups is 1. The number of nitrogens with one attached hydrogen (secondary N) is 1. The van der Waals surface area contributed by atoms with Gasteiger partial charge in [0.25, 0.3) is 0 Å². The van der Waals surface area contributed by atoms with E-state index >= 15 is 0 Å². The second-order valence-electron chi connectivity index (χ2n) is 6.69. The van der Waals surface area contributed by atoms with E-state index in [2.05, 4.69) is 58.5 Å². The Hall–Kier alpha value is -3.18. The molecule has 3 aromatic carbocycles. The van der Waals surface area contributed by atoms with Gasteiger partial charge in [-0.3, -0.25) is 4.79 Å². The molecule has 0 saturated heterocycles. The van der Waals surface area contributed by atoms with Crippen LogP contribution in [0.2, 0.25) is 0 Å². The topological polar surface area (TPSA) is 43.3 Å². The molecule has 0 unspecified atom stereocenters. The maximum absolute atomic E-state index is 12.4. The number of nitrogens with zero attached hydrogens (tertiary/aromatic N) is 1. The number of hydrogen-bond donors (Lipinski definition) is 1. The Morgan fingerprint density at radius 2 is 1.69 bits per heavy atom. The fourth-order valence-electron chi connectivity index (χ4n) is 3.25. The minimum absolute atomic E-state index is 0.0277. The molecule has 0 aliphatic rings. The van der Waals surface area contributed by atoms with Crippen molar-refractivity contribution < 1.29 is 9.53 Å². The predicted octanol–water partition coefficient (Wildman–Crippen LogP) is 5.43. The van der Waals surface area contributed by atoms with Crippen LogP contribution in [0, 0.1) is 0 Å². The van der Waals surface area contributed by atoms with Gasteiger partial charge in [0.1, 0.15) is 5.75 Å². The average molecular weight is 403 g/mol. The first-order valence-corrected chi connectivity index (χ1v) is 10.4. The number of aromatic nitrogens is 1. The summed E-state index contributed by atoms with van der Waals surface area (Å²) in [6, 6.07) is 26.1. The predicted molar refractivity (Wildman–Crippen MR) is 120 cm³/mol. The highest BCUT2D eigenvalue weighted by molar-refractivity contribution is 8.00. The molecule has 146 valence electrons. The summed E-state index contributed by atoms with van der Waals surface area (Å²) < 4.78 is 7.39. The third-order valence-electron chi connectivity index (χ3n) is 4.68. The van der Waals surface area contributed by atoms with Gasteiger partial charge >= 0.3 is 0 Å². The number of methoxy groups -OCH3 is 1. The first-order chi connectivity index (χ1) is 14.2. The summed E-state index contributed by atoms with van der Waals surface area (Å²) in [5, 5.41) is 4.11. The van der Waals surface area contributed by atoms with Crippen molar-refractivity contribution in [2.24, 2.45) is 0 Å². The average Bonchev–Trinajstić information content (AvgIpc) is 3.11. The van der Waals surface area contributed by atoms with Crippen LogP contribution in [0.15, 0.2) is 90.0 Å². The van der Waals surface area contributed by atoms with Gasteiger partial charge in [-0.15, -0.1) is 11.8 Å². The minimum atomic E-state index is -0.0277. The number of amides is 1. The molecule has 4 aromatic rings. The van der Waals surface area contributed by atoms with Gasteiger partial charge in [-0.25, -0.2) is 0 Å². The fraction of sp³-hybridized carbons (Fsp3) is 0.125. The molecule has 0 radical (unpaired) electrons. The minimum Gasteiger partial charge on any atom is -0.497 e. The van der Waals surface area contributed by atoms with Crippen molar-refractivity contribution >= 4 is 34.3 Å². The number of para-hydroxylation sites is 1. The Balaban J connectivity index is 1.46. The fourth-order valence-corrected chi connectivity index (χ4v) is 4.14. The highest BCUT2D eigenvalue weighted by atomic mass is 32.2. The van der Waals surface area contributed by atoms with Gasteiger partial charge in [0.15, 0.2) is 0 Å². The zero-order valence-corrected chi connectivity index (χ0v) is 17.0. The molecule has 0 aliphatic heterocycles. The Bertz CT molecular complexity index is 1100. The zero-order chi connectivity index (χ0) is 20.1. The van der Waals surface area contributed by atoms with Gasteiger partial charge in [-0.1, -0.05) is 48.5 Å². The lowest BCUT2D eigenvalue weighted by atomic mass is 10.2. The van der Waals surface area contributed by atoms with Crippen molar-refractivity contribution in [2.75, 3.05) is 18.2 Å². The molecular formula is C24H22N2O2S. The smallest absolute Gasteiger partial charge is 0.234 e. The third kappa shape index (κ3) is 4.63. The van der Waals surface area contributed by atoms with Crippen molar-refractivity contribution in [3.63, 3.8) is 0 Å². The van der Waals surface area contributed by atoms with Crippen LogP contribution in [0.5, 0.6) is 5.75 Å². The second kappa shape index (κ2) is 8.88. The molecule has 0 aliphatic carbocycles. The highest BCUT2D eigenvalue weighted by Crippen LogP contribution is 2.30. The van der Waals surface area contributed by atoms with E-state index in [-0.39, 0.29) is 5.91 Å². The summed E-state index contributed by atoms with van der Waals surface area (Å²) in [6.45, 7) is 0.806. The Morgan fingerprint density at radius 3 is 2.45 bits per heavy atom. The summed E-state index contributed by atoms with van der Waals surface area (Å²) >= 11 is 1.56. The lowest BCUT2D eigenvalue weighted by Gasteiger charge is -2.06. The summed E-state index contributed by atoms with van der Waals surface area (Å²) in [5.74, 6) is 1.09. The van der Waals surface area contributed by atoms with Gasteiger partial charge in [0.2, 0.25) is 5.91 Å². The lowest BCUT2D eigenvalue weighted by Crippen LogP contribution is -2.13. The standard InChI is InChI=1S/C24H22N2O2S/c1-28-20-13-11-19(12-14-20)25-24(27)17-29-23-16-26(15-18-7-3-2-4-8-18)22-10-6-5-9-21(22)23/h2-14,16H,15,17H2,1H3,(H,25,27). The van der Waals surface area contributed by atoms with Crippen molar-refractivity contribution in [3.05, 3.63) is 90.6 Å². The third-order valence-corrected chi connectivity index (χ3v) is 5.72. The zero-order valence-electron chi connectivity index (χ0n) is 16.2. The number of carbonyl (C=O) groups is 1. The number of carbonyl (C=O) groups excluding carboxylic acids is 1. The second-order valence-corrected chi connectivity index (χ2v) is 7.71. The van der Waals surface area contributed by atoms with Crippen LogP contribution in [-0.2, 0) is 11.3 Å². The Kier molecular flexibility index (Phi) is 5.86. The summed E-state index contributed by atoms with van der Waals surface area (Å²) in [6.07, 6.45) is 2.14. The van der Waals surface area contributed by atoms with Gasteiger partial charge in [0, 0.05) is 34.2 Å². The Labute approximate surface area is 174 Å². The molecular weight excluding hydrogens is 380 g/mol. The first-order valence-electron chi connectivity index (χ1n) is 9.41. The van der Waals surface area contributed by atoms with Crippen LogP contribution >= 0.6 is 11.8 Å². The van der Waals surface area contributed by atoms with E-state index < -0.39 is 0 Å². The lowest BCUT2D eigenvalue weighted by molar-refractivity contribution is -0.113. The van der Waals surface area contributed by atoms with Crippen molar-refractivity contribution in [1.82, 2.24) is 4.57 Å². The maximum Gasteiger partial charge on any atom is 0.234 e. The van der Waals surface area contributed by atoms with E-state index in [4.69, 9.17) is 4.74 Å².